The largest absolute Gasteiger partial charge is 0.340 e. The number of benzene rings is 1. The number of amides is 1. The van der Waals surface area contributed by atoms with Crippen molar-refractivity contribution in [3.8, 4) is 0 Å². The van der Waals surface area contributed by atoms with E-state index in [2.05, 4.69) is 4.90 Å². The highest BCUT2D eigenvalue weighted by Gasteiger charge is 2.20. The Balaban J connectivity index is 1.82. The van der Waals surface area contributed by atoms with Gasteiger partial charge in [-0.1, -0.05) is 19.1 Å². The third-order valence-electron chi connectivity index (χ3n) is 3.48. The second-order valence-corrected chi connectivity index (χ2v) is 5.04. The maximum atomic E-state index is 13.1. The number of halogens is 1. The first-order valence-electron chi connectivity index (χ1n) is 6.93. The van der Waals surface area contributed by atoms with Crippen LogP contribution in [0.3, 0.4) is 0 Å². The molecule has 0 saturated carbocycles. The third kappa shape index (κ3) is 4.03. The Labute approximate surface area is 114 Å². The van der Waals surface area contributed by atoms with Crippen molar-refractivity contribution in [3.05, 3.63) is 35.6 Å². The van der Waals surface area contributed by atoms with Crippen molar-refractivity contribution >= 4 is 5.91 Å². The molecule has 0 aromatic heterocycles. The average Bonchev–Trinajstić information content (AvgIpc) is 2.40. The molecule has 0 unspecified atom stereocenters. The average molecular weight is 264 g/mol. The van der Waals surface area contributed by atoms with Crippen LogP contribution in [-0.4, -0.2) is 41.9 Å². The van der Waals surface area contributed by atoms with Crippen LogP contribution in [-0.2, 0) is 11.3 Å². The van der Waals surface area contributed by atoms with Gasteiger partial charge < -0.3 is 4.90 Å². The van der Waals surface area contributed by atoms with Gasteiger partial charge in [-0.15, -0.1) is 0 Å². The summed E-state index contributed by atoms with van der Waals surface area (Å²) in [7, 11) is 0. The summed E-state index contributed by atoms with van der Waals surface area (Å²) < 4.78 is 13.1. The van der Waals surface area contributed by atoms with Crippen molar-refractivity contribution in [2.24, 2.45) is 0 Å². The van der Waals surface area contributed by atoms with E-state index in [-0.39, 0.29) is 11.7 Å². The number of carbonyl (C=O) groups excluding carboxylic acids is 1. The van der Waals surface area contributed by atoms with Crippen molar-refractivity contribution in [3.63, 3.8) is 0 Å². The van der Waals surface area contributed by atoms with Gasteiger partial charge in [-0.05, 0) is 24.1 Å². The minimum Gasteiger partial charge on any atom is -0.340 e. The van der Waals surface area contributed by atoms with E-state index in [0.29, 0.717) is 6.42 Å². The summed E-state index contributed by atoms with van der Waals surface area (Å²) in [5, 5.41) is 0. The summed E-state index contributed by atoms with van der Waals surface area (Å²) in [6.07, 6.45) is 1.55. The zero-order valence-corrected chi connectivity index (χ0v) is 11.4. The number of rotatable bonds is 4. The molecule has 0 radical (unpaired) electrons. The fraction of sp³-hybridized carbons (Fsp3) is 0.533. The van der Waals surface area contributed by atoms with Crippen LogP contribution in [0.2, 0.25) is 0 Å². The quantitative estimate of drug-likeness (QED) is 0.833. The number of hydrogen-bond acceptors (Lipinski definition) is 2. The fourth-order valence-corrected chi connectivity index (χ4v) is 2.42. The highest BCUT2D eigenvalue weighted by molar-refractivity contribution is 5.76. The van der Waals surface area contributed by atoms with E-state index in [1.807, 2.05) is 17.9 Å². The molecular weight excluding hydrogens is 243 g/mol. The molecule has 1 heterocycles. The van der Waals surface area contributed by atoms with Crippen LogP contribution in [0.25, 0.3) is 0 Å². The molecule has 1 aromatic rings. The first-order valence-corrected chi connectivity index (χ1v) is 6.93. The summed E-state index contributed by atoms with van der Waals surface area (Å²) in [5.74, 6) is 0.0714. The first kappa shape index (κ1) is 14.0. The van der Waals surface area contributed by atoms with Gasteiger partial charge in [0.15, 0.2) is 0 Å². The molecule has 1 aromatic carbocycles. The maximum absolute atomic E-state index is 13.1. The first-order chi connectivity index (χ1) is 9.19. The molecule has 1 aliphatic heterocycles. The van der Waals surface area contributed by atoms with Crippen molar-refractivity contribution in [1.82, 2.24) is 9.80 Å². The van der Waals surface area contributed by atoms with Gasteiger partial charge in [-0.25, -0.2) is 4.39 Å². The van der Waals surface area contributed by atoms with E-state index in [4.69, 9.17) is 0 Å². The van der Waals surface area contributed by atoms with Gasteiger partial charge in [0.1, 0.15) is 5.82 Å². The predicted octanol–water partition coefficient (Wildman–Crippen LogP) is 2.27. The Morgan fingerprint density at radius 1 is 1.26 bits per heavy atom. The Bertz CT molecular complexity index is 428. The van der Waals surface area contributed by atoms with Crippen LogP contribution >= 0.6 is 0 Å². The summed E-state index contributed by atoms with van der Waals surface area (Å²) in [6, 6.07) is 6.73. The highest BCUT2D eigenvalue weighted by Crippen LogP contribution is 2.11. The topological polar surface area (TPSA) is 23.6 Å². The minimum absolute atomic E-state index is 0.186. The summed E-state index contributed by atoms with van der Waals surface area (Å²) >= 11 is 0. The second-order valence-electron chi connectivity index (χ2n) is 5.04. The molecule has 1 amide bonds. The number of carbonyl (C=O) groups is 1. The van der Waals surface area contributed by atoms with Gasteiger partial charge >= 0.3 is 0 Å². The van der Waals surface area contributed by atoms with Crippen LogP contribution in [0.1, 0.15) is 25.3 Å². The molecule has 19 heavy (non-hydrogen) atoms. The fourth-order valence-electron chi connectivity index (χ4n) is 2.42. The molecule has 1 saturated heterocycles. The Morgan fingerprint density at radius 2 is 2.00 bits per heavy atom. The molecule has 1 aliphatic rings. The molecule has 1 fully saturated rings. The molecule has 2 rings (SSSR count). The Morgan fingerprint density at radius 3 is 2.63 bits per heavy atom. The lowest BCUT2D eigenvalue weighted by atomic mass is 10.2. The summed E-state index contributed by atoms with van der Waals surface area (Å²) in [5.41, 5.74) is 0.994. The smallest absolute Gasteiger partial charge is 0.222 e. The second kappa shape index (κ2) is 6.66. The van der Waals surface area contributed by atoms with Gasteiger partial charge in [0.05, 0.1) is 0 Å². The third-order valence-corrected chi connectivity index (χ3v) is 3.48. The lowest BCUT2D eigenvalue weighted by molar-refractivity contribution is -0.133. The van der Waals surface area contributed by atoms with Crippen LogP contribution in [0, 0.1) is 5.82 Å². The van der Waals surface area contributed by atoms with Gasteiger partial charge in [-0.2, -0.15) is 0 Å². The zero-order valence-electron chi connectivity index (χ0n) is 11.4. The van der Waals surface area contributed by atoms with Crippen LogP contribution in [0.4, 0.5) is 4.39 Å². The lowest BCUT2D eigenvalue weighted by Gasteiger charge is -2.34. The number of piperazine rings is 1. The number of hydrogen-bond donors (Lipinski definition) is 0. The van der Waals surface area contributed by atoms with Crippen molar-refractivity contribution in [2.45, 2.75) is 26.3 Å². The lowest BCUT2D eigenvalue weighted by Crippen LogP contribution is -2.48. The van der Waals surface area contributed by atoms with E-state index in [9.17, 15) is 9.18 Å². The molecule has 3 nitrogen and oxygen atoms in total. The van der Waals surface area contributed by atoms with E-state index < -0.39 is 0 Å². The number of nitrogens with zero attached hydrogens (tertiary/aromatic N) is 2. The summed E-state index contributed by atoms with van der Waals surface area (Å²) in [4.78, 5) is 16.0. The predicted molar refractivity (Wildman–Crippen MR) is 73.2 cm³/mol. The van der Waals surface area contributed by atoms with E-state index in [1.165, 1.54) is 6.07 Å². The summed E-state index contributed by atoms with van der Waals surface area (Å²) in [6.45, 7) is 6.09. The molecule has 0 bridgehead atoms. The Hall–Kier alpha value is -1.42. The van der Waals surface area contributed by atoms with Crippen LogP contribution in [0.15, 0.2) is 24.3 Å². The van der Waals surface area contributed by atoms with Crippen molar-refractivity contribution in [2.75, 3.05) is 26.2 Å². The monoisotopic (exact) mass is 264 g/mol. The maximum Gasteiger partial charge on any atom is 0.222 e. The van der Waals surface area contributed by atoms with Crippen molar-refractivity contribution < 1.29 is 9.18 Å². The van der Waals surface area contributed by atoms with E-state index in [1.54, 1.807) is 12.1 Å². The van der Waals surface area contributed by atoms with E-state index in [0.717, 1.165) is 44.7 Å². The molecule has 0 aliphatic carbocycles. The molecule has 0 atom stereocenters. The Kier molecular flexibility index (Phi) is 4.91. The van der Waals surface area contributed by atoms with Crippen molar-refractivity contribution in [1.29, 1.82) is 0 Å². The standard InChI is InChI=1S/C15H21FN2O/c1-2-4-15(19)18-9-7-17(8-10-18)12-13-5-3-6-14(16)11-13/h3,5-6,11H,2,4,7-10,12H2,1H3. The SMILES string of the molecule is CCCC(=O)N1CCN(Cc2cccc(F)c2)CC1. The van der Waals surface area contributed by atoms with Gasteiger partial charge in [0.25, 0.3) is 0 Å². The molecule has 0 spiro atoms. The van der Waals surface area contributed by atoms with Crippen LogP contribution in [0.5, 0.6) is 0 Å². The minimum atomic E-state index is -0.186. The normalized spacial score (nSPS) is 16.6. The van der Waals surface area contributed by atoms with E-state index >= 15 is 0 Å². The molecule has 104 valence electrons. The van der Waals surface area contributed by atoms with Gasteiger partial charge in [-0.3, -0.25) is 9.69 Å². The van der Waals surface area contributed by atoms with Gasteiger partial charge in [0, 0.05) is 39.1 Å². The van der Waals surface area contributed by atoms with Crippen LogP contribution < -0.4 is 0 Å². The molecule has 0 N–H and O–H groups in total. The highest BCUT2D eigenvalue weighted by atomic mass is 19.1. The molecule has 4 heteroatoms. The zero-order chi connectivity index (χ0) is 13.7. The molecular formula is C15H21FN2O. The van der Waals surface area contributed by atoms with Gasteiger partial charge in [0.2, 0.25) is 5.91 Å².